The van der Waals surface area contributed by atoms with E-state index in [4.69, 9.17) is 5.73 Å². The minimum atomic E-state index is -4.68. The molecule has 1 unspecified atom stereocenters. The Morgan fingerprint density at radius 3 is 2.07 bits per heavy atom. The SMILES string of the molecule is COC(=O)C(CN)(CC(C)C)C(F)(F)F. The Hall–Kier alpha value is -0.780. The number of alkyl halides is 3. The molecule has 0 spiro atoms. The van der Waals surface area contributed by atoms with Crippen LogP contribution in [0.5, 0.6) is 0 Å². The average Bonchev–Trinajstić information content (AvgIpc) is 2.10. The van der Waals surface area contributed by atoms with Crippen molar-refractivity contribution in [3.8, 4) is 0 Å². The Bertz CT molecular complexity index is 228. The predicted octanol–water partition coefficient (Wildman–Crippen LogP) is 1.71. The van der Waals surface area contributed by atoms with E-state index in [9.17, 15) is 18.0 Å². The van der Waals surface area contributed by atoms with Gasteiger partial charge < -0.3 is 10.5 Å². The van der Waals surface area contributed by atoms with Crippen LogP contribution in [0.3, 0.4) is 0 Å². The summed E-state index contributed by atoms with van der Waals surface area (Å²) in [7, 11) is 0.929. The van der Waals surface area contributed by atoms with E-state index in [2.05, 4.69) is 4.74 Å². The van der Waals surface area contributed by atoms with Gasteiger partial charge in [0, 0.05) is 6.54 Å². The summed E-state index contributed by atoms with van der Waals surface area (Å²) in [6.45, 7) is 2.40. The van der Waals surface area contributed by atoms with Crippen molar-refractivity contribution in [3.63, 3.8) is 0 Å². The number of nitrogens with two attached hydrogens (primary N) is 1. The summed E-state index contributed by atoms with van der Waals surface area (Å²) in [6.07, 6.45) is -5.04. The Labute approximate surface area is 86.8 Å². The Balaban J connectivity index is 5.21. The van der Waals surface area contributed by atoms with Crippen LogP contribution in [-0.2, 0) is 9.53 Å². The van der Waals surface area contributed by atoms with E-state index in [1.807, 2.05) is 0 Å². The fourth-order valence-corrected chi connectivity index (χ4v) is 1.49. The number of hydrogen-bond acceptors (Lipinski definition) is 3. The maximum Gasteiger partial charge on any atom is 0.406 e. The molecule has 0 aliphatic rings. The standard InChI is InChI=1S/C9H16F3NO2/c1-6(2)4-8(5-13,7(14)15-3)9(10,11)12/h6H,4-5,13H2,1-3H3. The van der Waals surface area contributed by atoms with Crippen LogP contribution in [-0.4, -0.2) is 25.8 Å². The number of esters is 1. The van der Waals surface area contributed by atoms with Gasteiger partial charge in [0.15, 0.2) is 5.41 Å². The highest BCUT2D eigenvalue weighted by Crippen LogP contribution is 2.43. The molecular weight excluding hydrogens is 211 g/mol. The van der Waals surface area contributed by atoms with E-state index >= 15 is 0 Å². The van der Waals surface area contributed by atoms with Gasteiger partial charge in [-0.15, -0.1) is 0 Å². The van der Waals surface area contributed by atoms with Gasteiger partial charge in [-0.1, -0.05) is 13.8 Å². The van der Waals surface area contributed by atoms with Crippen LogP contribution in [0, 0.1) is 11.3 Å². The van der Waals surface area contributed by atoms with Crippen LogP contribution in [0.25, 0.3) is 0 Å². The van der Waals surface area contributed by atoms with E-state index in [1.165, 1.54) is 0 Å². The molecule has 0 aliphatic carbocycles. The third-order valence-corrected chi connectivity index (χ3v) is 2.22. The molecule has 0 bridgehead atoms. The zero-order valence-corrected chi connectivity index (χ0v) is 9.02. The van der Waals surface area contributed by atoms with Crippen LogP contribution < -0.4 is 5.73 Å². The topological polar surface area (TPSA) is 52.3 Å². The van der Waals surface area contributed by atoms with Crippen molar-refractivity contribution in [2.24, 2.45) is 17.1 Å². The molecule has 1 atom stereocenters. The number of hydrogen-bond donors (Lipinski definition) is 1. The van der Waals surface area contributed by atoms with E-state index in [0.29, 0.717) is 0 Å². The third-order valence-electron chi connectivity index (χ3n) is 2.22. The molecule has 0 aromatic carbocycles. The normalized spacial score (nSPS) is 16.3. The summed E-state index contributed by atoms with van der Waals surface area (Å²) in [6, 6.07) is 0. The van der Waals surface area contributed by atoms with Gasteiger partial charge in [0.05, 0.1) is 7.11 Å². The van der Waals surface area contributed by atoms with E-state index in [1.54, 1.807) is 13.8 Å². The fourth-order valence-electron chi connectivity index (χ4n) is 1.49. The first-order chi connectivity index (χ1) is 6.71. The Morgan fingerprint density at radius 2 is 1.87 bits per heavy atom. The maximum atomic E-state index is 12.8. The monoisotopic (exact) mass is 227 g/mol. The number of carbonyl (C=O) groups excluding carboxylic acids is 1. The number of carbonyl (C=O) groups is 1. The summed E-state index contributed by atoms with van der Waals surface area (Å²) in [5.41, 5.74) is 2.52. The molecule has 0 saturated heterocycles. The predicted molar refractivity (Wildman–Crippen MR) is 49.0 cm³/mol. The van der Waals surface area contributed by atoms with Gasteiger partial charge in [-0.2, -0.15) is 13.2 Å². The molecule has 0 heterocycles. The van der Waals surface area contributed by atoms with Gasteiger partial charge >= 0.3 is 12.1 Å². The minimum absolute atomic E-state index is 0.297. The van der Waals surface area contributed by atoms with Gasteiger partial charge in [0.1, 0.15) is 0 Å². The number of rotatable bonds is 4. The first kappa shape index (κ1) is 14.2. The molecule has 0 amide bonds. The van der Waals surface area contributed by atoms with Gasteiger partial charge in [0.2, 0.25) is 0 Å². The summed E-state index contributed by atoms with van der Waals surface area (Å²) in [5.74, 6) is -1.61. The third kappa shape index (κ3) is 2.84. The molecule has 0 saturated carbocycles. The zero-order chi connectivity index (χ0) is 12.3. The summed E-state index contributed by atoms with van der Waals surface area (Å²) in [4.78, 5) is 11.2. The van der Waals surface area contributed by atoms with E-state index in [-0.39, 0.29) is 12.3 Å². The molecule has 0 radical (unpaired) electrons. The number of halogens is 3. The van der Waals surface area contributed by atoms with Crippen LogP contribution in [0.15, 0.2) is 0 Å². The number of methoxy groups -OCH3 is 1. The second kappa shape index (κ2) is 4.83. The highest BCUT2D eigenvalue weighted by molar-refractivity contribution is 5.78. The first-order valence-corrected chi connectivity index (χ1v) is 4.56. The molecule has 90 valence electrons. The molecule has 6 heteroatoms. The van der Waals surface area contributed by atoms with Crippen molar-refractivity contribution >= 4 is 5.97 Å². The van der Waals surface area contributed by atoms with Gasteiger partial charge in [-0.05, 0) is 12.3 Å². The van der Waals surface area contributed by atoms with Crippen LogP contribution in [0.4, 0.5) is 13.2 Å². The van der Waals surface area contributed by atoms with Crippen molar-refractivity contribution in [1.29, 1.82) is 0 Å². The molecule has 0 fully saturated rings. The summed E-state index contributed by atoms with van der Waals surface area (Å²) in [5, 5.41) is 0. The molecule has 0 aliphatic heterocycles. The van der Waals surface area contributed by atoms with Crippen LogP contribution >= 0.6 is 0 Å². The largest absolute Gasteiger partial charge is 0.468 e. The fraction of sp³-hybridized carbons (Fsp3) is 0.889. The lowest BCUT2D eigenvalue weighted by Gasteiger charge is -2.33. The summed E-state index contributed by atoms with van der Waals surface area (Å²) < 4.78 is 42.6. The Kier molecular flexibility index (Phi) is 4.58. The van der Waals surface area contributed by atoms with Gasteiger partial charge in [0.25, 0.3) is 0 Å². The quantitative estimate of drug-likeness (QED) is 0.744. The Morgan fingerprint density at radius 1 is 1.40 bits per heavy atom. The molecular formula is C9H16F3NO2. The first-order valence-electron chi connectivity index (χ1n) is 4.56. The lowest BCUT2D eigenvalue weighted by atomic mass is 9.79. The smallest absolute Gasteiger partial charge is 0.406 e. The lowest BCUT2D eigenvalue weighted by Crippen LogP contribution is -2.51. The molecule has 0 aromatic rings. The highest BCUT2D eigenvalue weighted by atomic mass is 19.4. The second-order valence-electron chi connectivity index (χ2n) is 3.87. The molecule has 0 rings (SSSR count). The lowest BCUT2D eigenvalue weighted by molar-refractivity contribution is -0.234. The van der Waals surface area contributed by atoms with Crippen LogP contribution in [0.1, 0.15) is 20.3 Å². The van der Waals surface area contributed by atoms with Crippen molar-refractivity contribution in [2.45, 2.75) is 26.4 Å². The van der Waals surface area contributed by atoms with Crippen LogP contribution in [0.2, 0.25) is 0 Å². The van der Waals surface area contributed by atoms with E-state index < -0.39 is 24.1 Å². The molecule has 2 N–H and O–H groups in total. The van der Waals surface area contributed by atoms with Crippen molar-refractivity contribution in [2.75, 3.05) is 13.7 Å². The van der Waals surface area contributed by atoms with Gasteiger partial charge in [-0.3, -0.25) is 4.79 Å². The summed E-state index contributed by atoms with van der Waals surface area (Å²) >= 11 is 0. The maximum absolute atomic E-state index is 12.8. The second-order valence-corrected chi connectivity index (χ2v) is 3.87. The average molecular weight is 227 g/mol. The van der Waals surface area contributed by atoms with E-state index in [0.717, 1.165) is 7.11 Å². The van der Waals surface area contributed by atoms with Crippen molar-refractivity contribution in [3.05, 3.63) is 0 Å². The van der Waals surface area contributed by atoms with Gasteiger partial charge in [-0.25, -0.2) is 0 Å². The zero-order valence-electron chi connectivity index (χ0n) is 9.02. The minimum Gasteiger partial charge on any atom is -0.468 e. The highest BCUT2D eigenvalue weighted by Gasteiger charge is 2.60. The van der Waals surface area contributed by atoms with Crippen molar-refractivity contribution < 1.29 is 22.7 Å². The molecule has 15 heavy (non-hydrogen) atoms. The van der Waals surface area contributed by atoms with Crippen molar-refractivity contribution in [1.82, 2.24) is 0 Å². The molecule has 0 aromatic heterocycles. The molecule has 3 nitrogen and oxygen atoms in total. The number of ether oxygens (including phenoxy) is 1.